The molecule has 0 saturated carbocycles. The van der Waals surface area contributed by atoms with Gasteiger partial charge in [-0.05, 0) is 18.6 Å². The van der Waals surface area contributed by atoms with Crippen LogP contribution < -0.4 is 4.90 Å². The molecule has 0 spiro atoms. The van der Waals surface area contributed by atoms with Crippen LogP contribution in [0.15, 0.2) is 18.3 Å². The van der Waals surface area contributed by atoms with Crippen LogP contribution in [0.3, 0.4) is 0 Å². The highest BCUT2D eigenvalue weighted by atomic mass is 15.3. The van der Waals surface area contributed by atoms with Crippen LogP contribution in [0, 0.1) is 6.92 Å². The summed E-state index contributed by atoms with van der Waals surface area (Å²) >= 11 is 0. The Kier molecular flexibility index (Phi) is 1.13. The zero-order chi connectivity index (χ0) is 6.97. The van der Waals surface area contributed by atoms with Gasteiger partial charge in [0.1, 0.15) is 5.82 Å². The first-order chi connectivity index (χ1) is 4.88. The highest BCUT2D eigenvalue weighted by Crippen LogP contribution is 2.20. The van der Waals surface area contributed by atoms with Crippen molar-refractivity contribution in [1.29, 1.82) is 0 Å². The van der Waals surface area contributed by atoms with Gasteiger partial charge < -0.3 is 4.90 Å². The average Bonchev–Trinajstić information content (AvgIpc) is 2.71. The zero-order valence-electron chi connectivity index (χ0n) is 6.04. The van der Waals surface area contributed by atoms with Crippen LogP contribution in [-0.2, 0) is 0 Å². The highest BCUT2D eigenvalue weighted by molar-refractivity contribution is 5.50. The average molecular weight is 134 g/mol. The highest BCUT2D eigenvalue weighted by Gasteiger charge is 2.19. The van der Waals surface area contributed by atoms with E-state index in [0.717, 1.165) is 5.82 Å². The smallest absolute Gasteiger partial charge is 0.131 e. The maximum atomic E-state index is 4.27. The van der Waals surface area contributed by atoms with E-state index in [1.165, 1.54) is 18.7 Å². The summed E-state index contributed by atoms with van der Waals surface area (Å²) in [6.07, 6.45) is 1.85. The first kappa shape index (κ1) is 5.71. The van der Waals surface area contributed by atoms with Crippen LogP contribution in [0.5, 0.6) is 0 Å². The monoisotopic (exact) mass is 134 g/mol. The minimum absolute atomic E-state index is 1.16. The third-order valence-electron chi connectivity index (χ3n) is 1.73. The van der Waals surface area contributed by atoms with Gasteiger partial charge in [0.15, 0.2) is 0 Å². The molecule has 0 N–H and O–H groups in total. The minimum atomic E-state index is 1.16. The minimum Gasteiger partial charge on any atom is -0.353 e. The Morgan fingerprint density at radius 1 is 1.50 bits per heavy atom. The number of nitrogens with zero attached hydrogens (tertiary/aromatic N) is 2. The van der Waals surface area contributed by atoms with Crippen LogP contribution in [0.1, 0.15) is 5.56 Å². The topological polar surface area (TPSA) is 15.9 Å². The number of aromatic nitrogens is 1. The maximum Gasteiger partial charge on any atom is 0.131 e. The van der Waals surface area contributed by atoms with E-state index >= 15 is 0 Å². The first-order valence-corrected chi connectivity index (χ1v) is 3.54. The fraction of sp³-hybridized carbons (Fsp3) is 0.375. The Balaban J connectivity index is 2.39. The van der Waals surface area contributed by atoms with E-state index < -0.39 is 0 Å². The molecule has 1 aliphatic rings. The Labute approximate surface area is 60.5 Å². The lowest BCUT2D eigenvalue weighted by Crippen LogP contribution is -1.96. The molecule has 0 aromatic carbocycles. The lowest BCUT2D eigenvalue weighted by molar-refractivity contribution is 1.19. The second kappa shape index (κ2) is 1.97. The molecule has 1 aromatic heterocycles. The molecule has 10 heavy (non-hydrogen) atoms. The Bertz CT molecular complexity index is 241. The van der Waals surface area contributed by atoms with Crippen LogP contribution in [0.2, 0.25) is 0 Å². The van der Waals surface area contributed by atoms with Crippen molar-refractivity contribution in [1.82, 2.24) is 4.98 Å². The van der Waals surface area contributed by atoms with Gasteiger partial charge in [0.25, 0.3) is 0 Å². The fourth-order valence-electron chi connectivity index (χ4n) is 1.07. The lowest BCUT2D eigenvalue weighted by Gasteiger charge is -2.02. The molecular formula is C8H10N2. The van der Waals surface area contributed by atoms with E-state index in [9.17, 15) is 0 Å². The Morgan fingerprint density at radius 2 is 2.30 bits per heavy atom. The van der Waals surface area contributed by atoms with Gasteiger partial charge in [-0.2, -0.15) is 0 Å². The standard InChI is InChI=1S/C8H10N2/c1-7-3-2-4-9-8(7)10-5-6-10/h2-4H,5-6H2,1H3. The van der Waals surface area contributed by atoms with Crippen molar-refractivity contribution >= 4 is 5.82 Å². The van der Waals surface area contributed by atoms with Crippen LogP contribution in [0.4, 0.5) is 5.82 Å². The van der Waals surface area contributed by atoms with Gasteiger partial charge in [-0.1, -0.05) is 6.07 Å². The van der Waals surface area contributed by atoms with Crippen LogP contribution in [0.25, 0.3) is 0 Å². The summed E-state index contributed by atoms with van der Waals surface area (Å²) in [4.78, 5) is 6.53. The molecule has 0 aliphatic carbocycles. The molecule has 2 heteroatoms. The van der Waals surface area contributed by atoms with Crippen molar-refractivity contribution in [3.8, 4) is 0 Å². The molecule has 2 rings (SSSR count). The van der Waals surface area contributed by atoms with Crippen molar-refractivity contribution in [2.24, 2.45) is 0 Å². The van der Waals surface area contributed by atoms with E-state index in [1.54, 1.807) is 0 Å². The van der Waals surface area contributed by atoms with Gasteiger partial charge in [0.05, 0.1) is 0 Å². The summed E-state index contributed by atoms with van der Waals surface area (Å²) in [6.45, 7) is 4.45. The predicted octanol–water partition coefficient (Wildman–Crippen LogP) is 1.21. The van der Waals surface area contributed by atoms with Crippen molar-refractivity contribution in [3.05, 3.63) is 23.9 Å². The fourth-order valence-corrected chi connectivity index (χ4v) is 1.07. The van der Waals surface area contributed by atoms with Crippen molar-refractivity contribution in [3.63, 3.8) is 0 Å². The number of anilines is 1. The van der Waals surface area contributed by atoms with E-state index in [2.05, 4.69) is 22.9 Å². The molecule has 0 bridgehead atoms. The van der Waals surface area contributed by atoms with Crippen LogP contribution in [-0.4, -0.2) is 18.1 Å². The maximum absolute atomic E-state index is 4.27. The van der Waals surface area contributed by atoms with Gasteiger partial charge in [0.2, 0.25) is 0 Å². The Hall–Kier alpha value is -1.05. The number of hydrogen-bond donors (Lipinski definition) is 0. The molecule has 0 atom stereocenters. The van der Waals surface area contributed by atoms with Gasteiger partial charge in [-0.25, -0.2) is 4.98 Å². The van der Waals surface area contributed by atoms with E-state index in [0.29, 0.717) is 0 Å². The summed E-state index contributed by atoms with van der Waals surface area (Å²) < 4.78 is 0. The van der Waals surface area contributed by atoms with E-state index in [4.69, 9.17) is 0 Å². The summed E-state index contributed by atoms with van der Waals surface area (Å²) in [5.41, 5.74) is 1.28. The summed E-state index contributed by atoms with van der Waals surface area (Å²) in [7, 11) is 0. The molecular weight excluding hydrogens is 124 g/mol. The number of hydrogen-bond acceptors (Lipinski definition) is 2. The third kappa shape index (κ3) is 0.856. The van der Waals surface area contributed by atoms with E-state index in [-0.39, 0.29) is 0 Å². The molecule has 52 valence electrons. The molecule has 2 heterocycles. The van der Waals surface area contributed by atoms with E-state index in [1.807, 2.05) is 12.3 Å². The van der Waals surface area contributed by atoms with Crippen molar-refractivity contribution in [2.45, 2.75) is 6.92 Å². The lowest BCUT2D eigenvalue weighted by atomic mass is 10.3. The first-order valence-electron chi connectivity index (χ1n) is 3.54. The molecule has 1 aliphatic heterocycles. The molecule has 2 nitrogen and oxygen atoms in total. The summed E-state index contributed by atoms with van der Waals surface area (Å²) in [5, 5.41) is 0. The van der Waals surface area contributed by atoms with Crippen LogP contribution >= 0.6 is 0 Å². The molecule has 1 aromatic rings. The molecule has 1 saturated heterocycles. The molecule has 0 unspecified atom stereocenters. The summed E-state index contributed by atoms with van der Waals surface area (Å²) in [5.74, 6) is 1.16. The number of aryl methyl sites for hydroxylation is 1. The summed E-state index contributed by atoms with van der Waals surface area (Å²) in [6, 6.07) is 4.07. The third-order valence-corrected chi connectivity index (χ3v) is 1.73. The predicted molar refractivity (Wildman–Crippen MR) is 41.2 cm³/mol. The SMILES string of the molecule is Cc1cccnc1N1CC1. The second-order valence-electron chi connectivity index (χ2n) is 2.63. The van der Waals surface area contributed by atoms with Gasteiger partial charge in [-0.3, -0.25) is 0 Å². The van der Waals surface area contributed by atoms with Gasteiger partial charge >= 0.3 is 0 Å². The normalized spacial score (nSPS) is 15.5. The molecule has 0 radical (unpaired) electrons. The Morgan fingerprint density at radius 3 is 2.90 bits per heavy atom. The zero-order valence-corrected chi connectivity index (χ0v) is 6.04. The molecule has 1 fully saturated rings. The van der Waals surface area contributed by atoms with Gasteiger partial charge in [0, 0.05) is 19.3 Å². The largest absolute Gasteiger partial charge is 0.353 e. The van der Waals surface area contributed by atoms with Gasteiger partial charge in [-0.15, -0.1) is 0 Å². The number of pyridine rings is 1. The van der Waals surface area contributed by atoms with Crippen molar-refractivity contribution < 1.29 is 0 Å². The quantitative estimate of drug-likeness (QED) is 0.536. The molecule has 0 amide bonds. The van der Waals surface area contributed by atoms with Crippen molar-refractivity contribution in [2.75, 3.05) is 18.0 Å². The second-order valence-corrected chi connectivity index (χ2v) is 2.63. The number of rotatable bonds is 1.